The van der Waals surface area contributed by atoms with E-state index in [0.29, 0.717) is 0 Å². The van der Waals surface area contributed by atoms with Gasteiger partial charge in [-0.25, -0.2) is 0 Å². The molecule has 0 saturated heterocycles. The Morgan fingerprint density at radius 3 is 1.56 bits per heavy atom. The molecule has 0 saturated carbocycles. The number of rotatable bonds is 2. The fraction of sp³-hybridized carbons (Fsp3) is 0.333. The molecule has 0 aliphatic carbocycles. The second-order valence-electron chi connectivity index (χ2n) is 5.88. The monoisotopic (exact) mass is 238 g/mol. The summed E-state index contributed by atoms with van der Waals surface area (Å²) in [6.07, 6.45) is 1.10. The zero-order chi connectivity index (χ0) is 13.2. The molecule has 94 valence electrons. The molecule has 0 N–H and O–H groups in total. The molecule has 2 rings (SSSR count). The molecule has 0 aliphatic heterocycles. The van der Waals surface area contributed by atoms with E-state index >= 15 is 0 Å². The maximum atomic E-state index is 2.25. The van der Waals surface area contributed by atoms with Crippen LogP contribution in [-0.4, -0.2) is 0 Å². The average Bonchev–Trinajstić information content (AvgIpc) is 2.38. The van der Waals surface area contributed by atoms with Gasteiger partial charge in [0.05, 0.1) is 0 Å². The van der Waals surface area contributed by atoms with Gasteiger partial charge in [-0.3, -0.25) is 0 Å². The van der Waals surface area contributed by atoms with E-state index in [4.69, 9.17) is 0 Å². The second kappa shape index (κ2) is 4.97. The smallest absolute Gasteiger partial charge is 0.0132 e. The van der Waals surface area contributed by atoms with Crippen molar-refractivity contribution < 1.29 is 0 Å². The van der Waals surface area contributed by atoms with Crippen LogP contribution in [0.4, 0.5) is 0 Å². The fourth-order valence-electron chi connectivity index (χ4n) is 2.10. The van der Waals surface area contributed by atoms with Crippen LogP contribution in [0.5, 0.6) is 0 Å². The minimum atomic E-state index is 0.227. The Kier molecular flexibility index (Phi) is 3.56. The highest BCUT2D eigenvalue weighted by Crippen LogP contribution is 2.26. The standard InChI is InChI=1S/C18H22/c1-5-14-6-8-15(9-7-14)16-10-12-17(13-11-16)18(2,3)4/h6-13H,5H2,1-4H3. The number of benzene rings is 2. The van der Waals surface area contributed by atoms with Gasteiger partial charge in [0.1, 0.15) is 0 Å². The molecular formula is C18H22. The van der Waals surface area contributed by atoms with Crippen LogP contribution < -0.4 is 0 Å². The summed E-state index contributed by atoms with van der Waals surface area (Å²) in [5.74, 6) is 0. The molecule has 2 aromatic carbocycles. The zero-order valence-corrected chi connectivity index (χ0v) is 11.8. The summed E-state index contributed by atoms with van der Waals surface area (Å²) < 4.78 is 0. The molecule has 0 unspecified atom stereocenters. The highest BCUT2D eigenvalue weighted by atomic mass is 14.2. The van der Waals surface area contributed by atoms with E-state index in [1.807, 2.05) is 0 Å². The molecule has 0 fully saturated rings. The Hall–Kier alpha value is -1.56. The Morgan fingerprint density at radius 1 is 0.722 bits per heavy atom. The summed E-state index contributed by atoms with van der Waals surface area (Å²) >= 11 is 0. The van der Waals surface area contributed by atoms with Crippen LogP contribution in [0.3, 0.4) is 0 Å². The van der Waals surface area contributed by atoms with E-state index in [2.05, 4.69) is 76.2 Å². The Morgan fingerprint density at radius 2 is 1.17 bits per heavy atom. The highest BCUT2D eigenvalue weighted by molar-refractivity contribution is 5.64. The van der Waals surface area contributed by atoms with Crippen LogP contribution in [-0.2, 0) is 11.8 Å². The van der Waals surface area contributed by atoms with Crippen LogP contribution in [0.15, 0.2) is 48.5 Å². The summed E-state index contributed by atoms with van der Waals surface area (Å²) in [6, 6.07) is 17.8. The highest BCUT2D eigenvalue weighted by Gasteiger charge is 2.12. The molecule has 18 heavy (non-hydrogen) atoms. The third kappa shape index (κ3) is 2.81. The summed E-state index contributed by atoms with van der Waals surface area (Å²) in [4.78, 5) is 0. The molecule has 0 heteroatoms. The van der Waals surface area contributed by atoms with E-state index in [1.165, 1.54) is 22.3 Å². The summed E-state index contributed by atoms with van der Waals surface area (Å²) in [5.41, 5.74) is 5.60. The first-order chi connectivity index (χ1) is 8.50. The van der Waals surface area contributed by atoms with Gasteiger partial charge in [0.2, 0.25) is 0 Å². The van der Waals surface area contributed by atoms with Crippen molar-refractivity contribution in [2.75, 3.05) is 0 Å². The van der Waals surface area contributed by atoms with Crippen molar-refractivity contribution in [2.24, 2.45) is 0 Å². The molecule has 0 heterocycles. The van der Waals surface area contributed by atoms with Gasteiger partial charge in [-0.2, -0.15) is 0 Å². The van der Waals surface area contributed by atoms with Gasteiger partial charge < -0.3 is 0 Å². The maximum absolute atomic E-state index is 2.25. The van der Waals surface area contributed by atoms with Crippen LogP contribution in [0.25, 0.3) is 11.1 Å². The fourth-order valence-corrected chi connectivity index (χ4v) is 2.10. The number of hydrogen-bond acceptors (Lipinski definition) is 0. The van der Waals surface area contributed by atoms with Crippen LogP contribution >= 0.6 is 0 Å². The predicted octanol–water partition coefficient (Wildman–Crippen LogP) is 5.21. The van der Waals surface area contributed by atoms with Gasteiger partial charge in [-0.05, 0) is 34.1 Å². The van der Waals surface area contributed by atoms with Crippen molar-refractivity contribution in [2.45, 2.75) is 39.5 Å². The van der Waals surface area contributed by atoms with Crippen LogP contribution in [0.2, 0.25) is 0 Å². The zero-order valence-electron chi connectivity index (χ0n) is 11.8. The lowest BCUT2D eigenvalue weighted by molar-refractivity contribution is 0.590. The Bertz CT molecular complexity index is 495. The second-order valence-corrected chi connectivity index (χ2v) is 5.88. The van der Waals surface area contributed by atoms with Crippen molar-refractivity contribution in [3.8, 4) is 11.1 Å². The summed E-state index contributed by atoms with van der Waals surface area (Å²) in [5, 5.41) is 0. The molecule has 0 nitrogen and oxygen atoms in total. The molecular weight excluding hydrogens is 216 g/mol. The summed E-state index contributed by atoms with van der Waals surface area (Å²) in [7, 11) is 0. The van der Waals surface area contributed by atoms with E-state index in [1.54, 1.807) is 0 Å². The van der Waals surface area contributed by atoms with Crippen molar-refractivity contribution in [3.63, 3.8) is 0 Å². The molecule has 0 atom stereocenters. The molecule has 0 bridgehead atoms. The van der Waals surface area contributed by atoms with Crippen molar-refractivity contribution in [1.82, 2.24) is 0 Å². The summed E-state index contributed by atoms with van der Waals surface area (Å²) in [6.45, 7) is 8.93. The van der Waals surface area contributed by atoms with Gasteiger partial charge >= 0.3 is 0 Å². The van der Waals surface area contributed by atoms with Gasteiger partial charge in [0.25, 0.3) is 0 Å². The Labute approximate surface area is 111 Å². The van der Waals surface area contributed by atoms with Crippen LogP contribution in [0.1, 0.15) is 38.8 Å². The third-order valence-electron chi connectivity index (χ3n) is 3.45. The molecule has 2 aromatic rings. The SMILES string of the molecule is CCc1ccc(-c2ccc(C(C)(C)C)cc2)cc1. The van der Waals surface area contributed by atoms with Crippen LogP contribution in [0, 0.1) is 0 Å². The van der Waals surface area contributed by atoms with Gasteiger partial charge in [0, 0.05) is 0 Å². The van der Waals surface area contributed by atoms with Gasteiger partial charge in [-0.15, -0.1) is 0 Å². The van der Waals surface area contributed by atoms with E-state index in [9.17, 15) is 0 Å². The van der Waals surface area contributed by atoms with Crippen molar-refractivity contribution in [1.29, 1.82) is 0 Å². The van der Waals surface area contributed by atoms with E-state index in [0.717, 1.165) is 6.42 Å². The number of aryl methyl sites for hydroxylation is 1. The lowest BCUT2D eigenvalue weighted by Crippen LogP contribution is -2.10. The van der Waals surface area contributed by atoms with Gasteiger partial charge in [0.15, 0.2) is 0 Å². The largest absolute Gasteiger partial charge is 0.0613 e. The van der Waals surface area contributed by atoms with Crippen molar-refractivity contribution in [3.05, 3.63) is 59.7 Å². The molecule has 0 spiro atoms. The lowest BCUT2D eigenvalue weighted by atomic mass is 9.86. The first-order valence-electron chi connectivity index (χ1n) is 6.70. The van der Waals surface area contributed by atoms with Crippen molar-refractivity contribution >= 4 is 0 Å². The first kappa shape index (κ1) is 12.9. The third-order valence-corrected chi connectivity index (χ3v) is 3.45. The lowest BCUT2D eigenvalue weighted by Gasteiger charge is -2.19. The first-order valence-corrected chi connectivity index (χ1v) is 6.70. The Balaban J connectivity index is 2.28. The quantitative estimate of drug-likeness (QED) is 0.673. The molecule has 0 radical (unpaired) electrons. The number of hydrogen-bond donors (Lipinski definition) is 0. The van der Waals surface area contributed by atoms with E-state index in [-0.39, 0.29) is 5.41 Å². The molecule has 0 amide bonds. The molecule has 0 aromatic heterocycles. The maximum Gasteiger partial charge on any atom is -0.0132 e. The normalized spacial score (nSPS) is 11.6. The predicted molar refractivity (Wildman–Crippen MR) is 80.0 cm³/mol. The molecule has 0 aliphatic rings. The van der Waals surface area contributed by atoms with E-state index < -0.39 is 0 Å². The van der Waals surface area contributed by atoms with Gasteiger partial charge in [-0.1, -0.05) is 76.2 Å². The average molecular weight is 238 g/mol. The minimum absolute atomic E-state index is 0.227. The topological polar surface area (TPSA) is 0 Å². The minimum Gasteiger partial charge on any atom is -0.0613 e.